The number of amides is 1. The van der Waals surface area contributed by atoms with Crippen LogP contribution in [0.4, 0.5) is 14.5 Å². The first-order valence-electron chi connectivity index (χ1n) is 23.9. The Bertz CT molecular complexity index is 3310. The van der Waals surface area contributed by atoms with E-state index >= 15 is 4.39 Å². The molecule has 0 radical (unpaired) electrons. The summed E-state index contributed by atoms with van der Waals surface area (Å²) < 4.78 is 56.8. The van der Waals surface area contributed by atoms with Crippen LogP contribution < -0.4 is 14.4 Å². The third-order valence-corrected chi connectivity index (χ3v) is 14.9. The van der Waals surface area contributed by atoms with Gasteiger partial charge in [-0.1, -0.05) is 136 Å². The SMILES string of the molecule is CCCC(C)(C)C(=O)N(CC1=CCC(=C2CC=CC3=C2C(=O)OC32c3ccccc3Oc3ccccc32)CC1=C1CC=CC2=C1C(=O)OC21c2ccccc2Oc2ccccc21)c1ccc(F)cc1F. The van der Waals surface area contributed by atoms with Crippen molar-refractivity contribution in [3.63, 3.8) is 0 Å². The van der Waals surface area contributed by atoms with Gasteiger partial charge in [0, 0.05) is 44.9 Å². The maximum atomic E-state index is 16.1. The van der Waals surface area contributed by atoms with E-state index in [9.17, 15) is 18.8 Å². The first-order valence-corrected chi connectivity index (χ1v) is 23.9. The topological polar surface area (TPSA) is 91.4 Å². The van der Waals surface area contributed by atoms with Gasteiger partial charge < -0.3 is 23.8 Å². The number of nitrogens with zero attached hydrogens (tertiary/aromatic N) is 1. The summed E-state index contributed by atoms with van der Waals surface area (Å²) >= 11 is 0. The maximum absolute atomic E-state index is 16.1. The summed E-state index contributed by atoms with van der Waals surface area (Å²) in [4.78, 5) is 46.0. The smallest absolute Gasteiger partial charge is 0.340 e. The molecule has 5 aromatic rings. The lowest BCUT2D eigenvalue weighted by molar-refractivity contribution is -0.145. The van der Waals surface area contributed by atoms with Crippen LogP contribution in [0.2, 0.25) is 0 Å². The van der Waals surface area contributed by atoms with Gasteiger partial charge in [0.25, 0.3) is 0 Å². The number of carbonyl (C=O) groups excluding carboxylic acids is 3. The van der Waals surface area contributed by atoms with Crippen LogP contribution in [0.15, 0.2) is 196 Å². The van der Waals surface area contributed by atoms with Gasteiger partial charge in [0.05, 0.1) is 23.4 Å². The average molecular weight is 932 g/mol. The van der Waals surface area contributed by atoms with E-state index < -0.39 is 40.2 Å². The van der Waals surface area contributed by atoms with E-state index in [2.05, 4.69) is 6.08 Å². The molecule has 5 aromatic carbocycles. The Kier molecular flexibility index (Phi) is 10.0. The third kappa shape index (κ3) is 6.34. The maximum Gasteiger partial charge on any atom is 0.340 e. The van der Waals surface area contributed by atoms with E-state index in [4.69, 9.17) is 18.9 Å². The summed E-state index contributed by atoms with van der Waals surface area (Å²) in [5, 5.41) is 0. The molecule has 4 aliphatic heterocycles. The van der Waals surface area contributed by atoms with Crippen molar-refractivity contribution in [2.24, 2.45) is 5.41 Å². The second-order valence-electron chi connectivity index (χ2n) is 19.4. The Morgan fingerprint density at radius 2 is 1.13 bits per heavy atom. The molecule has 0 aromatic heterocycles. The number of benzene rings is 5. The Hall–Kier alpha value is -7.85. The van der Waals surface area contributed by atoms with Crippen molar-refractivity contribution in [3.05, 3.63) is 230 Å². The summed E-state index contributed by atoms with van der Waals surface area (Å²) in [6.07, 6.45) is 12.8. The quantitative estimate of drug-likeness (QED) is 0.157. The van der Waals surface area contributed by atoms with Gasteiger partial charge >= 0.3 is 11.9 Å². The minimum absolute atomic E-state index is 0.0497. The highest BCUT2D eigenvalue weighted by Crippen LogP contribution is 2.61. The molecule has 70 heavy (non-hydrogen) atoms. The molecule has 10 heteroatoms. The minimum Gasteiger partial charge on any atom is -0.456 e. The Morgan fingerprint density at radius 3 is 1.63 bits per heavy atom. The van der Waals surface area contributed by atoms with E-state index in [1.807, 2.05) is 142 Å². The monoisotopic (exact) mass is 931 g/mol. The van der Waals surface area contributed by atoms with Gasteiger partial charge in [-0.15, -0.1) is 0 Å². The first kappa shape index (κ1) is 43.4. The number of ether oxygens (including phenoxy) is 4. The number of anilines is 1. The fourth-order valence-electron chi connectivity index (χ4n) is 11.8. The van der Waals surface area contributed by atoms with E-state index in [1.54, 1.807) is 0 Å². The number of halogens is 2. The number of hydrogen-bond donors (Lipinski definition) is 0. The normalized spacial score (nSPS) is 20.9. The van der Waals surface area contributed by atoms with Gasteiger partial charge in [-0.3, -0.25) is 4.79 Å². The number of allylic oxidation sites excluding steroid dienone is 4. The lowest BCUT2D eigenvalue weighted by Gasteiger charge is -2.37. The van der Waals surface area contributed by atoms with Crippen LogP contribution in [0.1, 0.15) is 81.5 Å². The average Bonchev–Trinajstić information content (AvgIpc) is 3.84. The predicted molar refractivity (Wildman–Crippen MR) is 260 cm³/mol. The first-order chi connectivity index (χ1) is 33.9. The summed E-state index contributed by atoms with van der Waals surface area (Å²) in [7, 11) is 0. The fourth-order valence-corrected chi connectivity index (χ4v) is 11.8. The summed E-state index contributed by atoms with van der Waals surface area (Å²) in [6, 6.07) is 33.6. The highest BCUT2D eigenvalue weighted by atomic mass is 19.1. The molecule has 8 nitrogen and oxygen atoms in total. The van der Waals surface area contributed by atoms with Gasteiger partial charge in [0.15, 0.2) is 11.2 Å². The highest BCUT2D eigenvalue weighted by Gasteiger charge is 2.57. The van der Waals surface area contributed by atoms with Crippen molar-refractivity contribution >= 4 is 23.5 Å². The Labute approximate surface area is 404 Å². The fraction of sp³-hybridized carbons (Fsp3) is 0.217. The largest absolute Gasteiger partial charge is 0.456 e. The van der Waals surface area contributed by atoms with Gasteiger partial charge in [0.2, 0.25) is 5.91 Å². The Balaban J connectivity index is 1.07. The summed E-state index contributed by atoms with van der Waals surface area (Å²) in [5.41, 5.74) is 5.39. The van der Waals surface area contributed by atoms with Crippen LogP contribution >= 0.6 is 0 Å². The lowest BCUT2D eigenvalue weighted by Crippen LogP contribution is -2.43. The van der Waals surface area contributed by atoms with Crippen LogP contribution in [0, 0.1) is 17.0 Å². The molecule has 0 atom stereocenters. The molecule has 0 bridgehead atoms. The molecular weight excluding hydrogens is 885 g/mol. The van der Waals surface area contributed by atoms with Crippen LogP contribution in [0.25, 0.3) is 0 Å². The third-order valence-electron chi connectivity index (χ3n) is 14.9. The van der Waals surface area contributed by atoms with E-state index in [-0.39, 0.29) is 24.6 Å². The van der Waals surface area contributed by atoms with E-state index in [0.717, 1.165) is 40.0 Å². The molecule has 0 unspecified atom stereocenters. The number of rotatable bonds is 6. The molecule has 12 rings (SSSR count). The van der Waals surface area contributed by atoms with E-state index in [1.165, 1.54) is 11.0 Å². The van der Waals surface area contributed by atoms with Crippen LogP contribution in [0.5, 0.6) is 23.0 Å². The lowest BCUT2D eigenvalue weighted by atomic mass is 9.72. The van der Waals surface area contributed by atoms with Crippen molar-refractivity contribution in [2.45, 2.75) is 70.5 Å². The molecule has 0 saturated heterocycles. The van der Waals surface area contributed by atoms with Gasteiger partial charge in [-0.25, -0.2) is 18.4 Å². The molecular formula is C60H47F2NO7. The molecule has 2 spiro atoms. The second-order valence-corrected chi connectivity index (χ2v) is 19.4. The van der Waals surface area contributed by atoms with Gasteiger partial charge in [-0.05, 0) is 90.8 Å². The minimum atomic E-state index is -1.34. The second kappa shape index (κ2) is 16.1. The van der Waals surface area contributed by atoms with Gasteiger partial charge in [-0.2, -0.15) is 0 Å². The van der Waals surface area contributed by atoms with E-state index in [0.29, 0.717) is 99.7 Å². The van der Waals surface area contributed by atoms with Crippen molar-refractivity contribution in [3.8, 4) is 23.0 Å². The molecule has 0 N–H and O–H groups in total. The Morgan fingerprint density at radius 1 is 0.643 bits per heavy atom. The summed E-state index contributed by atoms with van der Waals surface area (Å²) in [5.74, 6) is -0.596. The number of para-hydroxylation sites is 4. The standard InChI is InChI=1S/C60H47F2NO7/c1-4-31-58(2,3)57(66)63(48-30-29-37(61)33-47(48)62)34-36-28-27-35(38-15-13-21-45-53(38)55(64)69-59(45)41-17-5-9-23-49(41)67-50-24-10-6-18-42(50)59)32-40(36)39-16-14-22-46-54(39)56(65)70-60(46)43-19-7-11-25-51(43)68-52-26-12-8-20-44(52)60/h5-14,17-26,28-30,33H,4,15-16,27,31-32,34H2,1-3H3. The van der Waals surface area contributed by atoms with Crippen molar-refractivity contribution < 1.29 is 42.1 Å². The van der Waals surface area contributed by atoms with Gasteiger partial charge in [0.1, 0.15) is 34.6 Å². The predicted octanol–water partition coefficient (Wildman–Crippen LogP) is 13.2. The zero-order chi connectivity index (χ0) is 48.1. The van der Waals surface area contributed by atoms with Crippen molar-refractivity contribution in [2.75, 3.05) is 11.4 Å². The van der Waals surface area contributed by atoms with Crippen molar-refractivity contribution in [1.29, 1.82) is 0 Å². The number of carbonyl (C=O) groups is 3. The molecule has 3 aliphatic carbocycles. The molecule has 0 fully saturated rings. The number of esters is 2. The van der Waals surface area contributed by atoms with Crippen LogP contribution in [0.3, 0.4) is 0 Å². The number of hydrogen-bond acceptors (Lipinski definition) is 7. The molecule has 4 heterocycles. The highest BCUT2D eigenvalue weighted by molar-refractivity contribution is 6.03. The number of fused-ring (bicyclic) bond motifs is 10. The zero-order valence-corrected chi connectivity index (χ0v) is 38.9. The molecule has 0 saturated carbocycles. The van der Waals surface area contributed by atoms with Crippen molar-refractivity contribution in [1.82, 2.24) is 0 Å². The molecule has 7 aliphatic rings. The zero-order valence-electron chi connectivity index (χ0n) is 38.9. The van der Waals surface area contributed by atoms with Crippen LogP contribution in [-0.4, -0.2) is 24.4 Å². The van der Waals surface area contributed by atoms with Crippen LogP contribution in [-0.2, 0) is 35.1 Å². The molecule has 1 amide bonds. The molecule has 348 valence electrons. The summed E-state index contributed by atoms with van der Waals surface area (Å²) in [6.45, 7) is 5.60.